The summed E-state index contributed by atoms with van der Waals surface area (Å²) in [6, 6.07) is 3.87. The maximum absolute atomic E-state index is 5.91. The van der Waals surface area contributed by atoms with E-state index in [-0.39, 0.29) is 0 Å². The second-order valence-corrected chi connectivity index (χ2v) is 5.24. The SMILES string of the molecule is COc1ccc(Br)c(/C=C/CN)c1OCC1CC1. The zero-order valence-corrected chi connectivity index (χ0v) is 12.1. The van der Waals surface area contributed by atoms with E-state index in [0.717, 1.165) is 28.1 Å². The van der Waals surface area contributed by atoms with Gasteiger partial charge in [-0.15, -0.1) is 0 Å². The lowest BCUT2D eigenvalue weighted by Crippen LogP contribution is -2.03. The second-order valence-electron chi connectivity index (χ2n) is 4.38. The van der Waals surface area contributed by atoms with E-state index in [1.165, 1.54) is 12.8 Å². The fourth-order valence-corrected chi connectivity index (χ4v) is 2.14. The van der Waals surface area contributed by atoms with Crippen molar-refractivity contribution in [2.75, 3.05) is 20.3 Å². The smallest absolute Gasteiger partial charge is 0.169 e. The molecule has 0 aliphatic heterocycles. The van der Waals surface area contributed by atoms with Gasteiger partial charge in [0, 0.05) is 16.6 Å². The number of nitrogens with two attached hydrogens (primary N) is 1. The number of methoxy groups -OCH3 is 1. The summed E-state index contributed by atoms with van der Waals surface area (Å²) >= 11 is 3.54. The van der Waals surface area contributed by atoms with Crippen LogP contribution in [0, 0.1) is 5.92 Å². The largest absolute Gasteiger partial charge is 0.493 e. The average Bonchev–Trinajstić information content (AvgIpc) is 3.19. The molecule has 1 fully saturated rings. The molecule has 0 radical (unpaired) electrons. The van der Waals surface area contributed by atoms with Crippen LogP contribution in [0.4, 0.5) is 0 Å². The molecular weight excluding hydrogens is 294 g/mol. The topological polar surface area (TPSA) is 44.5 Å². The van der Waals surface area contributed by atoms with Crippen LogP contribution in [0.3, 0.4) is 0 Å². The Hall–Kier alpha value is -1.00. The number of halogens is 1. The Kier molecular flexibility index (Phi) is 4.66. The maximum atomic E-state index is 5.91. The molecule has 18 heavy (non-hydrogen) atoms. The summed E-state index contributed by atoms with van der Waals surface area (Å²) in [5.41, 5.74) is 6.49. The molecule has 4 heteroatoms. The first-order chi connectivity index (χ1) is 8.76. The normalized spacial score (nSPS) is 15.1. The number of rotatable bonds is 6. The summed E-state index contributed by atoms with van der Waals surface area (Å²) in [5.74, 6) is 2.26. The Morgan fingerprint density at radius 3 is 2.83 bits per heavy atom. The molecule has 1 aliphatic rings. The van der Waals surface area contributed by atoms with Gasteiger partial charge < -0.3 is 15.2 Å². The Balaban J connectivity index is 2.28. The van der Waals surface area contributed by atoms with Crippen molar-refractivity contribution in [2.24, 2.45) is 11.7 Å². The number of ether oxygens (including phenoxy) is 2. The number of hydrogen-bond acceptors (Lipinski definition) is 3. The van der Waals surface area contributed by atoms with E-state index in [9.17, 15) is 0 Å². The van der Waals surface area contributed by atoms with Crippen LogP contribution < -0.4 is 15.2 Å². The molecule has 1 aromatic rings. The lowest BCUT2D eigenvalue weighted by Gasteiger charge is -2.14. The van der Waals surface area contributed by atoms with E-state index in [1.54, 1.807) is 7.11 Å². The van der Waals surface area contributed by atoms with Crippen LogP contribution in [0.15, 0.2) is 22.7 Å². The molecule has 0 unspecified atom stereocenters. The average molecular weight is 312 g/mol. The van der Waals surface area contributed by atoms with Gasteiger partial charge in [0.15, 0.2) is 11.5 Å². The Bertz CT molecular complexity index is 442. The molecule has 2 N–H and O–H groups in total. The molecule has 0 aromatic heterocycles. The molecular formula is C14H18BrNO2. The van der Waals surface area contributed by atoms with Crippen molar-refractivity contribution >= 4 is 22.0 Å². The van der Waals surface area contributed by atoms with Gasteiger partial charge in [0.05, 0.1) is 13.7 Å². The van der Waals surface area contributed by atoms with Gasteiger partial charge in [-0.25, -0.2) is 0 Å². The zero-order chi connectivity index (χ0) is 13.0. The van der Waals surface area contributed by atoms with Gasteiger partial charge in [-0.3, -0.25) is 0 Å². The van der Waals surface area contributed by atoms with Gasteiger partial charge in [0.1, 0.15) is 0 Å². The maximum Gasteiger partial charge on any atom is 0.169 e. The lowest BCUT2D eigenvalue weighted by molar-refractivity contribution is 0.279. The highest BCUT2D eigenvalue weighted by Crippen LogP contribution is 2.39. The van der Waals surface area contributed by atoms with Crippen LogP contribution in [-0.2, 0) is 0 Å². The molecule has 98 valence electrons. The minimum Gasteiger partial charge on any atom is -0.493 e. The van der Waals surface area contributed by atoms with Gasteiger partial charge in [-0.1, -0.05) is 28.1 Å². The highest BCUT2D eigenvalue weighted by Gasteiger charge is 2.23. The predicted octanol–water partition coefficient (Wildman–Crippen LogP) is 3.22. The van der Waals surface area contributed by atoms with Crippen molar-refractivity contribution < 1.29 is 9.47 Å². The summed E-state index contributed by atoms with van der Waals surface area (Å²) < 4.78 is 12.3. The first-order valence-corrected chi connectivity index (χ1v) is 6.91. The zero-order valence-electron chi connectivity index (χ0n) is 10.5. The molecule has 0 atom stereocenters. The fraction of sp³-hybridized carbons (Fsp3) is 0.429. The van der Waals surface area contributed by atoms with E-state index < -0.39 is 0 Å². The van der Waals surface area contributed by atoms with Crippen molar-refractivity contribution in [2.45, 2.75) is 12.8 Å². The van der Waals surface area contributed by atoms with Crippen molar-refractivity contribution in [3.63, 3.8) is 0 Å². The van der Waals surface area contributed by atoms with Crippen LogP contribution in [0.5, 0.6) is 11.5 Å². The first-order valence-electron chi connectivity index (χ1n) is 6.12. The van der Waals surface area contributed by atoms with Gasteiger partial charge in [-0.05, 0) is 30.9 Å². The Morgan fingerprint density at radius 1 is 1.44 bits per heavy atom. The molecule has 0 heterocycles. The predicted molar refractivity (Wildman–Crippen MR) is 77.0 cm³/mol. The third kappa shape index (κ3) is 3.27. The Morgan fingerprint density at radius 2 is 2.22 bits per heavy atom. The number of benzene rings is 1. The molecule has 1 aliphatic carbocycles. The molecule has 0 spiro atoms. The standard InChI is InChI=1S/C14H18BrNO2/c1-17-13-7-6-12(15)11(3-2-8-16)14(13)18-9-10-4-5-10/h2-3,6-7,10H,4-5,8-9,16H2,1H3/b3-2+. The summed E-state index contributed by atoms with van der Waals surface area (Å²) in [6.45, 7) is 1.27. The van der Waals surface area contributed by atoms with Crippen LogP contribution in [0.25, 0.3) is 6.08 Å². The molecule has 0 bridgehead atoms. The molecule has 2 rings (SSSR count). The Labute approximate surface area is 116 Å². The molecule has 1 aromatic carbocycles. The minimum absolute atomic E-state index is 0.506. The van der Waals surface area contributed by atoms with Gasteiger partial charge >= 0.3 is 0 Å². The van der Waals surface area contributed by atoms with E-state index >= 15 is 0 Å². The quantitative estimate of drug-likeness (QED) is 0.877. The fourth-order valence-electron chi connectivity index (χ4n) is 1.69. The second kappa shape index (κ2) is 6.25. The lowest BCUT2D eigenvalue weighted by atomic mass is 10.1. The summed E-state index contributed by atoms with van der Waals surface area (Å²) in [4.78, 5) is 0. The third-order valence-corrected chi connectivity index (χ3v) is 3.60. The summed E-state index contributed by atoms with van der Waals surface area (Å²) in [5, 5.41) is 0. The van der Waals surface area contributed by atoms with Gasteiger partial charge in [0.25, 0.3) is 0 Å². The van der Waals surface area contributed by atoms with Crippen LogP contribution in [-0.4, -0.2) is 20.3 Å². The van der Waals surface area contributed by atoms with Gasteiger partial charge in [-0.2, -0.15) is 0 Å². The van der Waals surface area contributed by atoms with Crippen LogP contribution >= 0.6 is 15.9 Å². The van der Waals surface area contributed by atoms with E-state index in [2.05, 4.69) is 15.9 Å². The van der Waals surface area contributed by atoms with Crippen molar-refractivity contribution in [3.8, 4) is 11.5 Å². The van der Waals surface area contributed by atoms with E-state index in [0.29, 0.717) is 12.5 Å². The number of hydrogen-bond donors (Lipinski definition) is 1. The highest BCUT2D eigenvalue weighted by molar-refractivity contribution is 9.10. The molecule has 1 saturated carbocycles. The van der Waals surface area contributed by atoms with E-state index in [4.69, 9.17) is 15.2 Å². The minimum atomic E-state index is 0.506. The van der Waals surface area contributed by atoms with Crippen molar-refractivity contribution in [3.05, 3.63) is 28.2 Å². The summed E-state index contributed by atoms with van der Waals surface area (Å²) in [7, 11) is 1.66. The monoisotopic (exact) mass is 311 g/mol. The van der Waals surface area contributed by atoms with Crippen molar-refractivity contribution in [1.29, 1.82) is 0 Å². The van der Waals surface area contributed by atoms with E-state index in [1.807, 2.05) is 24.3 Å². The van der Waals surface area contributed by atoms with Crippen LogP contribution in [0.2, 0.25) is 0 Å². The van der Waals surface area contributed by atoms with Crippen LogP contribution in [0.1, 0.15) is 18.4 Å². The van der Waals surface area contributed by atoms with Crippen molar-refractivity contribution in [1.82, 2.24) is 0 Å². The first kappa shape index (κ1) is 13.4. The molecule has 3 nitrogen and oxygen atoms in total. The third-order valence-electron chi connectivity index (χ3n) is 2.91. The highest BCUT2D eigenvalue weighted by atomic mass is 79.9. The summed E-state index contributed by atoms with van der Waals surface area (Å²) in [6.07, 6.45) is 6.41. The molecule has 0 amide bonds. The molecule has 0 saturated heterocycles. The van der Waals surface area contributed by atoms with Gasteiger partial charge in [0.2, 0.25) is 0 Å².